The Bertz CT molecular complexity index is 222. The van der Waals surface area contributed by atoms with Crippen molar-refractivity contribution in [3.8, 4) is 5.75 Å². The van der Waals surface area contributed by atoms with E-state index in [9.17, 15) is 0 Å². The predicted molar refractivity (Wildman–Crippen MR) is 61.0 cm³/mol. The van der Waals surface area contributed by atoms with Crippen LogP contribution in [0.25, 0.3) is 0 Å². The van der Waals surface area contributed by atoms with Crippen LogP contribution in [-0.2, 0) is 0 Å². The lowest BCUT2D eigenvalue weighted by Gasteiger charge is -2.01. The topological polar surface area (TPSA) is 49.7 Å². The molecule has 2 N–H and O–H groups in total. The fourth-order valence-electron chi connectivity index (χ4n) is 0.737. The van der Waals surface area contributed by atoms with Crippen LogP contribution in [0.15, 0.2) is 30.3 Å². The first kappa shape index (κ1) is 13.9. The molecule has 3 heteroatoms. The van der Waals surface area contributed by atoms with Gasteiger partial charge in [0, 0.05) is 0 Å². The Kier molecular flexibility index (Phi) is 8.82. The fraction of sp³-hybridized carbons (Fsp3) is 0.500. The number of para-hydroxylation sites is 1. The average Bonchev–Trinajstić information content (AvgIpc) is 2.28. The Morgan fingerprint density at radius 2 is 1.80 bits per heavy atom. The first-order valence-electron chi connectivity index (χ1n) is 5.17. The summed E-state index contributed by atoms with van der Waals surface area (Å²) in [4.78, 5) is 0. The molecule has 0 saturated heterocycles. The molecule has 1 rings (SSSR count). The minimum atomic E-state index is -0.560. The number of hydrogen-bond donors (Lipinski definition) is 2. The quantitative estimate of drug-likeness (QED) is 0.800. The minimum Gasteiger partial charge on any atom is -0.494 e. The van der Waals surface area contributed by atoms with Crippen molar-refractivity contribution in [1.29, 1.82) is 0 Å². The van der Waals surface area contributed by atoms with E-state index < -0.39 is 6.10 Å². The van der Waals surface area contributed by atoms with Crippen LogP contribution in [0.1, 0.15) is 20.3 Å². The summed E-state index contributed by atoms with van der Waals surface area (Å²) in [5, 5.41) is 16.0. The first-order chi connectivity index (χ1) is 7.20. The summed E-state index contributed by atoms with van der Waals surface area (Å²) in [5.41, 5.74) is 0. The molecule has 0 amide bonds. The second-order valence-corrected chi connectivity index (χ2v) is 3.19. The molecular weight excluding hydrogens is 192 g/mol. The van der Waals surface area contributed by atoms with E-state index in [-0.39, 0.29) is 6.61 Å². The molecule has 1 aromatic rings. The Hall–Kier alpha value is -1.06. The highest BCUT2D eigenvalue weighted by atomic mass is 16.5. The lowest BCUT2D eigenvalue weighted by atomic mass is 10.3. The van der Waals surface area contributed by atoms with Gasteiger partial charge < -0.3 is 14.9 Å². The standard InChI is InChI=1S/C9H12O.C3H8O2/c1-2-8-10-9-6-4-3-5-7-9;1-3(5)2-4/h3-7H,2,8H2,1H3;3-5H,2H2,1H3. The molecule has 0 fully saturated rings. The van der Waals surface area contributed by atoms with Crippen LogP contribution >= 0.6 is 0 Å². The highest BCUT2D eigenvalue weighted by molar-refractivity contribution is 5.20. The van der Waals surface area contributed by atoms with Gasteiger partial charge in [-0.3, -0.25) is 0 Å². The minimum absolute atomic E-state index is 0.139. The fourth-order valence-corrected chi connectivity index (χ4v) is 0.737. The normalized spacial score (nSPS) is 11.2. The van der Waals surface area contributed by atoms with Gasteiger partial charge in [-0.1, -0.05) is 25.1 Å². The van der Waals surface area contributed by atoms with Crippen LogP contribution in [-0.4, -0.2) is 29.5 Å². The molecule has 0 aliphatic carbocycles. The Balaban J connectivity index is 0.000000336. The number of ether oxygens (including phenoxy) is 1. The third kappa shape index (κ3) is 9.25. The summed E-state index contributed by atoms with van der Waals surface area (Å²) >= 11 is 0. The monoisotopic (exact) mass is 212 g/mol. The van der Waals surface area contributed by atoms with E-state index in [0.29, 0.717) is 0 Å². The number of benzene rings is 1. The van der Waals surface area contributed by atoms with E-state index in [1.54, 1.807) is 0 Å². The first-order valence-corrected chi connectivity index (χ1v) is 5.17. The maximum Gasteiger partial charge on any atom is 0.119 e. The third-order valence-electron chi connectivity index (χ3n) is 1.48. The zero-order chi connectivity index (χ0) is 11.5. The van der Waals surface area contributed by atoms with Crippen molar-refractivity contribution in [1.82, 2.24) is 0 Å². The number of rotatable bonds is 4. The third-order valence-corrected chi connectivity index (χ3v) is 1.48. The molecule has 0 saturated carbocycles. The van der Waals surface area contributed by atoms with E-state index in [1.807, 2.05) is 30.3 Å². The Morgan fingerprint density at radius 3 is 2.20 bits per heavy atom. The zero-order valence-corrected chi connectivity index (χ0v) is 9.39. The summed E-state index contributed by atoms with van der Waals surface area (Å²) in [5.74, 6) is 0.962. The summed E-state index contributed by atoms with van der Waals surface area (Å²) < 4.78 is 5.36. The number of aliphatic hydroxyl groups excluding tert-OH is 2. The van der Waals surface area contributed by atoms with Gasteiger partial charge in [-0.05, 0) is 25.5 Å². The Labute approximate surface area is 91.3 Å². The smallest absolute Gasteiger partial charge is 0.119 e. The van der Waals surface area contributed by atoms with Gasteiger partial charge in [0.05, 0.1) is 19.3 Å². The molecule has 86 valence electrons. The summed E-state index contributed by atoms with van der Waals surface area (Å²) in [6.45, 7) is 4.30. The van der Waals surface area contributed by atoms with Gasteiger partial charge in [-0.2, -0.15) is 0 Å². The molecule has 1 aromatic carbocycles. The summed E-state index contributed by atoms with van der Waals surface area (Å²) in [6, 6.07) is 9.88. The lowest BCUT2D eigenvalue weighted by Crippen LogP contribution is -2.03. The molecule has 0 radical (unpaired) electrons. The van der Waals surface area contributed by atoms with Crippen molar-refractivity contribution in [2.75, 3.05) is 13.2 Å². The molecule has 0 aliphatic heterocycles. The second kappa shape index (κ2) is 9.49. The lowest BCUT2D eigenvalue weighted by molar-refractivity contribution is 0.110. The van der Waals surface area contributed by atoms with Crippen molar-refractivity contribution >= 4 is 0 Å². The van der Waals surface area contributed by atoms with E-state index in [2.05, 4.69) is 6.92 Å². The van der Waals surface area contributed by atoms with Crippen LogP contribution in [0.2, 0.25) is 0 Å². The van der Waals surface area contributed by atoms with Gasteiger partial charge in [0.25, 0.3) is 0 Å². The largest absolute Gasteiger partial charge is 0.494 e. The highest BCUT2D eigenvalue weighted by Crippen LogP contribution is 2.07. The maximum absolute atomic E-state index is 8.11. The second-order valence-electron chi connectivity index (χ2n) is 3.19. The highest BCUT2D eigenvalue weighted by Gasteiger charge is 1.86. The van der Waals surface area contributed by atoms with Crippen molar-refractivity contribution in [2.45, 2.75) is 26.4 Å². The van der Waals surface area contributed by atoms with Crippen LogP contribution in [0.3, 0.4) is 0 Å². The van der Waals surface area contributed by atoms with Crippen LogP contribution in [0, 0.1) is 0 Å². The van der Waals surface area contributed by atoms with E-state index >= 15 is 0 Å². The van der Waals surface area contributed by atoms with E-state index in [4.69, 9.17) is 14.9 Å². The molecule has 0 bridgehead atoms. The molecule has 0 heterocycles. The number of aliphatic hydroxyl groups is 2. The molecule has 0 aliphatic rings. The average molecular weight is 212 g/mol. The zero-order valence-electron chi connectivity index (χ0n) is 9.39. The number of hydrogen-bond acceptors (Lipinski definition) is 3. The van der Waals surface area contributed by atoms with Gasteiger partial charge in [0.2, 0.25) is 0 Å². The van der Waals surface area contributed by atoms with E-state index in [1.165, 1.54) is 6.92 Å². The van der Waals surface area contributed by atoms with Gasteiger partial charge in [0.1, 0.15) is 5.75 Å². The van der Waals surface area contributed by atoms with Crippen molar-refractivity contribution in [2.24, 2.45) is 0 Å². The van der Waals surface area contributed by atoms with Crippen LogP contribution in [0.4, 0.5) is 0 Å². The van der Waals surface area contributed by atoms with Crippen molar-refractivity contribution < 1.29 is 14.9 Å². The van der Waals surface area contributed by atoms with Gasteiger partial charge in [-0.15, -0.1) is 0 Å². The Morgan fingerprint density at radius 1 is 1.27 bits per heavy atom. The molecule has 3 nitrogen and oxygen atoms in total. The molecule has 1 atom stereocenters. The van der Waals surface area contributed by atoms with Crippen LogP contribution in [0.5, 0.6) is 5.75 Å². The maximum atomic E-state index is 8.11. The molecule has 1 unspecified atom stereocenters. The summed E-state index contributed by atoms with van der Waals surface area (Å²) in [7, 11) is 0. The van der Waals surface area contributed by atoms with Gasteiger partial charge in [-0.25, -0.2) is 0 Å². The van der Waals surface area contributed by atoms with Crippen LogP contribution < -0.4 is 4.74 Å². The molecular formula is C12H20O3. The van der Waals surface area contributed by atoms with Crippen molar-refractivity contribution in [3.05, 3.63) is 30.3 Å². The molecule has 15 heavy (non-hydrogen) atoms. The molecule has 0 aromatic heterocycles. The SMILES string of the molecule is CC(O)CO.CCCOc1ccccc1. The van der Waals surface area contributed by atoms with E-state index in [0.717, 1.165) is 18.8 Å². The predicted octanol–water partition coefficient (Wildman–Crippen LogP) is 1.83. The van der Waals surface area contributed by atoms with Crippen molar-refractivity contribution in [3.63, 3.8) is 0 Å². The summed E-state index contributed by atoms with van der Waals surface area (Å²) in [6.07, 6.45) is 0.504. The van der Waals surface area contributed by atoms with Gasteiger partial charge >= 0.3 is 0 Å². The molecule has 0 spiro atoms. The van der Waals surface area contributed by atoms with Gasteiger partial charge in [0.15, 0.2) is 0 Å².